The molecule has 172 valence electrons. The van der Waals surface area contributed by atoms with Gasteiger partial charge < -0.3 is 16.0 Å². The van der Waals surface area contributed by atoms with Gasteiger partial charge in [0, 0.05) is 54.9 Å². The van der Waals surface area contributed by atoms with Gasteiger partial charge in [0.25, 0.3) is 0 Å². The molecule has 9 nitrogen and oxygen atoms in total. The summed E-state index contributed by atoms with van der Waals surface area (Å²) in [6.07, 6.45) is 3.01. The number of pyridine rings is 1. The molecule has 5 rings (SSSR count). The molecule has 2 aliphatic heterocycles. The highest BCUT2D eigenvalue weighted by molar-refractivity contribution is 5.75. The highest BCUT2D eigenvalue weighted by Gasteiger charge is 2.47. The second-order valence-corrected chi connectivity index (χ2v) is 8.35. The zero-order valence-corrected chi connectivity index (χ0v) is 17.5. The van der Waals surface area contributed by atoms with Gasteiger partial charge in [0.1, 0.15) is 5.82 Å². The highest BCUT2D eigenvalue weighted by atomic mass is 19.4. The number of nitrogens with two attached hydrogens (primary N) is 1. The molecule has 0 bridgehead atoms. The topological polar surface area (TPSA) is 115 Å². The van der Waals surface area contributed by atoms with Gasteiger partial charge in [-0.1, -0.05) is 0 Å². The minimum absolute atomic E-state index is 0.187. The molecular formula is C21H21F3N8O. The first kappa shape index (κ1) is 21.2. The van der Waals surface area contributed by atoms with Gasteiger partial charge in [0.2, 0.25) is 0 Å². The maximum atomic E-state index is 13.2. The fourth-order valence-electron chi connectivity index (χ4n) is 4.60. The number of likely N-dealkylation sites (tertiary alicyclic amines) is 1. The molecule has 0 aliphatic carbocycles. The van der Waals surface area contributed by atoms with Crippen LogP contribution in [0.2, 0.25) is 0 Å². The molecule has 12 heteroatoms. The van der Waals surface area contributed by atoms with Crippen LogP contribution < -0.4 is 11.1 Å². The Morgan fingerprint density at radius 3 is 2.73 bits per heavy atom. The number of urea groups is 1. The van der Waals surface area contributed by atoms with Crippen LogP contribution in [0.1, 0.15) is 29.8 Å². The number of halogens is 3. The van der Waals surface area contributed by atoms with Gasteiger partial charge in [-0.25, -0.2) is 9.78 Å². The summed E-state index contributed by atoms with van der Waals surface area (Å²) < 4.78 is 41.5. The second kappa shape index (κ2) is 7.71. The molecule has 1 fully saturated rings. The van der Waals surface area contributed by atoms with Gasteiger partial charge in [-0.2, -0.15) is 18.3 Å². The summed E-state index contributed by atoms with van der Waals surface area (Å²) in [5, 5.41) is 7.38. The lowest BCUT2D eigenvalue weighted by Crippen LogP contribution is -2.40. The fraction of sp³-hybridized carbons (Fsp3) is 0.381. The van der Waals surface area contributed by atoms with Crippen LogP contribution in [0.25, 0.3) is 11.3 Å². The third-order valence-corrected chi connectivity index (χ3v) is 6.32. The van der Waals surface area contributed by atoms with Crippen LogP contribution in [0.15, 0.2) is 36.9 Å². The minimum atomic E-state index is -4.60. The number of fused-ring (bicyclic) bond motifs is 2. The van der Waals surface area contributed by atoms with E-state index in [4.69, 9.17) is 5.73 Å². The van der Waals surface area contributed by atoms with Crippen LogP contribution in [0, 0.1) is 0 Å². The molecule has 0 aromatic carbocycles. The van der Waals surface area contributed by atoms with Gasteiger partial charge in [0.15, 0.2) is 0 Å². The van der Waals surface area contributed by atoms with Crippen molar-refractivity contribution in [3.63, 3.8) is 0 Å². The predicted molar refractivity (Wildman–Crippen MR) is 112 cm³/mol. The third kappa shape index (κ3) is 3.85. The number of nitrogen functional groups attached to an aromatic ring is 1. The molecule has 5 heterocycles. The number of aromatic nitrogens is 5. The van der Waals surface area contributed by atoms with E-state index >= 15 is 0 Å². The van der Waals surface area contributed by atoms with Gasteiger partial charge in [-0.3, -0.25) is 14.6 Å². The Morgan fingerprint density at radius 2 is 1.97 bits per heavy atom. The minimum Gasteiger partial charge on any atom is -0.383 e. The zero-order chi connectivity index (χ0) is 23.2. The van der Waals surface area contributed by atoms with Crippen LogP contribution >= 0.6 is 0 Å². The Labute approximate surface area is 186 Å². The number of hydrogen-bond acceptors (Lipinski definition) is 6. The molecule has 3 aromatic heterocycles. The molecule has 0 radical (unpaired) electrons. The number of aryl methyl sites for hydroxylation is 1. The number of carbonyl (C=O) groups is 1. The van der Waals surface area contributed by atoms with Crippen molar-refractivity contribution in [3.05, 3.63) is 53.9 Å². The molecule has 2 amide bonds. The summed E-state index contributed by atoms with van der Waals surface area (Å²) in [6.45, 7) is 2.01. The summed E-state index contributed by atoms with van der Waals surface area (Å²) in [7, 11) is 0. The molecule has 3 aromatic rings. The van der Waals surface area contributed by atoms with Gasteiger partial charge >= 0.3 is 12.2 Å². The van der Waals surface area contributed by atoms with Gasteiger partial charge in [-0.15, -0.1) is 0 Å². The molecule has 33 heavy (non-hydrogen) atoms. The lowest BCUT2D eigenvalue weighted by atomic mass is 9.82. The second-order valence-electron chi connectivity index (χ2n) is 8.35. The monoisotopic (exact) mass is 458 g/mol. The maximum absolute atomic E-state index is 13.2. The normalized spacial score (nSPS) is 19.8. The van der Waals surface area contributed by atoms with E-state index < -0.39 is 17.6 Å². The van der Waals surface area contributed by atoms with Gasteiger partial charge in [-0.05, 0) is 25.0 Å². The molecule has 2 aliphatic rings. The number of anilines is 1. The number of alkyl halides is 3. The number of rotatable bonds is 3. The van der Waals surface area contributed by atoms with Crippen molar-refractivity contribution in [2.24, 2.45) is 0 Å². The van der Waals surface area contributed by atoms with Crippen LogP contribution in [0.5, 0.6) is 0 Å². The van der Waals surface area contributed by atoms with E-state index in [9.17, 15) is 18.0 Å². The lowest BCUT2D eigenvalue weighted by Gasteiger charge is -2.23. The molecule has 1 saturated heterocycles. The van der Waals surface area contributed by atoms with E-state index in [1.807, 2.05) is 4.68 Å². The first-order valence-corrected chi connectivity index (χ1v) is 10.4. The number of amides is 2. The number of hydrogen-bond donors (Lipinski definition) is 2. The van der Waals surface area contributed by atoms with Crippen molar-refractivity contribution in [2.75, 3.05) is 18.8 Å². The van der Waals surface area contributed by atoms with Crippen molar-refractivity contribution >= 4 is 11.8 Å². The standard InChI is InChI=1S/C21H21F3N8O/c22-21(23,24)15-7-13(9-28-18(15)25)16-8-17-20(2-6-32(17)30-16)1-5-31(12-20)19(33)29-11-14-10-26-3-4-27-14/h3-4,7-10H,1-2,5-6,11-12H2,(H2,25,28)(H,29,33). The van der Waals surface area contributed by atoms with Crippen molar-refractivity contribution in [1.82, 2.24) is 34.9 Å². The number of nitrogens with zero attached hydrogens (tertiary/aromatic N) is 6. The zero-order valence-electron chi connectivity index (χ0n) is 17.5. The predicted octanol–water partition coefficient (Wildman–Crippen LogP) is 2.59. The molecular weight excluding hydrogens is 437 g/mol. The molecule has 1 atom stereocenters. The van der Waals surface area contributed by atoms with E-state index in [1.165, 1.54) is 6.20 Å². The molecule has 1 unspecified atom stereocenters. The Balaban J connectivity index is 1.33. The largest absolute Gasteiger partial charge is 0.419 e. The summed E-state index contributed by atoms with van der Waals surface area (Å²) in [6, 6.07) is 2.60. The summed E-state index contributed by atoms with van der Waals surface area (Å²) in [5.41, 5.74) is 6.42. The lowest BCUT2D eigenvalue weighted by molar-refractivity contribution is -0.137. The van der Waals surface area contributed by atoms with Crippen molar-refractivity contribution in [2.45, 2.75) is 37.5 Å². The van der Waals surface area contributed by atoms with Gasteiger partial charge in [0.05, 0.1) is 29.7 Å². The number of nitrogens with one attached hydrogen (secondary N) is 1. The van der Waals surface area contributed by atoms with Crippen molar-refractivity contribution in [1.29, 1.82) is 0 Å². The molecule has 3 N–H and O–H groups in total. The average Bonchev–Trinajstić information content (AvgIpc) is 3.49. The quantitative estimate of drug-likeness (QED) is 0.624. The smallest absolute Gasteiger partial charge is 0.383 e. The third-order valence-electron chi connectivity index (χ3n) is 6.32. The van der Waals surface area contributed by atoms with Crippen LogP contribution in [0.3, 0.4) is 0 Å². The Bertz CT molecular complexity index is 1200. The molecule has 0 saturated carbocycles. The summed E-state index contributed by atoms with van der Waals surface area (Å²) in [5.74, 6) is -0.562. The average molecular weight is 458 g/mol. The van der Waals surface area contributed by atoms with Crippen molar-refractivity contribution < 1.29 is 18.0 Å². The summed E-state index contributed by atoms with van der Waals surface area (Å²) in [4.78, 5) is 26.3. The summed E-state index contributed by atoms with van der Waals surface area (Å²) >= 11 is 0. The van der Waals surface area contributed by atoms with Crippen LogP contribution in [0.4, 0.5) is 23.8 Å². The van der Waals surface area contributed by atoms with E-state index in [0.29, 0.717) is 31.0 Å². The molecule has 1 spiro atoms. The van der Waals surface area contributed by atoms with E-state index in [2.05, 4.69) is 25.4 Å². The van der Waals surface area contributed by atoms with E-state index in [1.54, 1.807) is 29.6 Å². The van der Waals surface area contributed by atoms with Crippen LogP contribution in [-0.2, 0) is 24.7 Å². The highest BCUT2D eigenvalue weighted by Crippen LogP contribution is 2.44. The van der Waals surface area contributed by atoms with E-state index in [-0.39, 0.29) is 23.6 Å². The fourth-order valence-corrected chi connectivity index (χ4v) is 4.60. The first-order valence-electron chi connectivity index (χ1n) is 10.4. The first-order chi connectivity index (χ1) is 15.7. The van der Waals surface area contributed by atoms with Crippen LogP contribution in [-0.4, -0.2) is 48.8 Å². The van der Waals surface area contributed by atoms with E-state index in [0.717, 1.165) is 24.6 Å². The Hall–Kier alpha value is -3.70. The Kier molecular flexibility index (Phi) is 4.94. The SMILES string of the molecule is Nc1ncc(-c2cc3n(n2)CCC32CCN(C(=O)NCc3cnccn3)C2)cc1C(F)(F)F. The van der Waals surface area contributed by atoms with Crippen molar-refractivity contribution in [3.8, 4) is 11.3 Å². The maximum Gasteiger partial charge on any atom is 0.419 e. The Morgan fingerprint density at radius 1 is 1.15 bits per heavy atom. The number of carbonyl (C=O) groups excluding carboxylic acids is 1.